The average Bonchev–Trinajstić information content (AvgIpc) is 2.77. The molecular formula is C10H11ClN4O2S. The smallest absolute Gasteiger partial charge is 0.225 e. The quantitative estimate of drug-likeness (QED) is 0.799. The van der Waals surface area contributed by atoms with Gasteiger partial charge in [0.25, 0.3) is 9.05 Å². The molecule has 0 spiro atoms. The third kappa shape index (κ3) is 2.68. The van der Waals surface area contributed by atoms with Crippen LogP contribution in [-0.4, -0.2) is 28.6 Å². The topological polar surface area (TPSA) is 77.7 Å². The highest BCUT2D eigenvalue weighted by atomic mass is 35.7. The van der Waals surface area contributed by atoms with Crippen molar-refractivity contribution in [2.24, 2.45) is 0 Å². The fourth-order valence-electron chi connectivity index (χ4n) is 1.54. The molecule has 0 bridgehead atoms. The number of halogens is 1. The monoisotopic (exact) mass is 286 g/mol. The summed E-state index contributed by atoms with van der Waals surface area (Å²) in [6.45, 7) is 2.73. The van der Waals surface area contributed by atoms with E-state index in [1.54, 1.807) is 16.8 Å². The minimum absolute atomic E-state index is 0.0578. The standard InChI is InChI=1S/C10H11ClN4O2S/c1-2-7-15-10(12-13-14-15)8-3-5-9(6-4-8)18(11,16)17/h3-6H,2,7H2,1H3. The number of benzene rings is 1. The Balaban J connectivity index is 2.37. The molecule has 0 radical (unpaired) electrons. The van der Waals surface area contributed by atoms with E-state index >= 15 is 0 Å². The lowest BCUT2D eigenvalue weighted by atomic mass is 10.2. The Morgan fingerprint density at radius 1 is 1.28 bits per heavy atom. The maximum atomic E-state index is 11.1. The molecule has 0 aliphatic carbocycles. The van der Waals surface area contributed by atoms with Gasteiger partial charge in [-0.2, -0.15) is 0 Å². The number of hydrogen-bond donors (Lipinski definition) is 0. The van der Waals surface area contributed by atoms with Crippen LogP contribution in [0, 0.1) is 0 Å². The number of tetrazole rings is 1. The maximum Gasteiger partial charge on any atom is 0.261 e. The highest BCUT2D eigenvalue weighted by molar-refractivity contribution is 8.13. The summed E-state index contributed by atoms with van der Waals surface area (Å²) >= 11 is 0. The summed E-state index contributed by atoms with van der Waals surface area (Å²) in [6.07, 6.45) is 0.909. The first kappa shape index (κ1) is 13.0. The van der Waals surface area contributed by atoms with Gasteiger partial charge in [0.1, 0.15) is 0 Å². The zero-order chi connectivity index (χ0) is 13.2. The molecule has 18 heavy (non-hydrogen) atoms. The Hall–Kier alpha value is -1.47. The Bertz CT molecular complexity index is 636. The second-order valence-corrected chi connectivity index (χ2v) is 6.25. The Morgan fingerprint density at radius 3 is 2.50 bits per heavy atom. The van der Waals surface area contributed by atoms with Gasteiger partial charge in [0, 0.05) is 22.8 Å². The van der Waals surface area contributed by atoms with E-state index in [2.05, 4.69) is 15.5 Å². The number of rotatable bonds is 4. The molecule has 0 aliphatic rings. The maximum absolute atomic E-state index is 11.1. The molecule has 0 amide bonds. The molecule has 96 valence electrons. The molecule has 6 nitrogen and oxygen atoms in total. The van der Waals surface area contributed by atoms with Gasteiger partial charge >= 0.3 is 0 Å². The molecule has 8 heteroatoms. The molecule has 0 N–H and O–H groups in total. The lowest BCUT2D eigenvalue weighted by Gasteiger charge is -2.03. The summed E-state index contributed by atoms with van der Waals surface area (Å²) in [7, 11) is 1.55. The first-order chi connectivity index (χ1) is 8.52. The van der Waals surface area contributed by atoms with Crippen LogP contribution in [-0.2, 0) is 15.6 Å². The van der Waals surface area contributed by atoms with E-state index < -0.39 is 9.05 Å². The minimum atomic E-state index is -3.69. The van der Waals surface area contributed by atoms with Gasteiger partial charge in [-0.3, -0.25) is 0 Å². The molecule has 0 atom stereocenters. The Morgan fingerprint density at radius 2 is 1.94 bits per heavy atom. The van der Waals surface area contributed by atoms with Gasteiger partial charge in [0.05, 0.1) is 4.90 Å². The SMILES string of the molecule is CCCn1nnnc1-c1ccc(S(=O)(=O)Cl)cc1. The average molecular weight is 287 g/mol. The lowest BCUT2D eigenvalue weighted by molar-refractivity contribution is 0.583. The molecule has 1 aromatic carbocycles. The second kappa shape index (κ2) is 5.03. The fraction of sp³-hybridized carbons (Fsp3) is 0.300. The van der Waals surface area contributed by atoms with Crippen LogP contribution in [0.3, 0.4) is 0 Å². The highest BCUT2D eigenvalue weighted by Crippen LogP contribution is 2.20. The predicted octanol–water partition coefficient (Wildman–Crippen LogP) is 1.68. The van der Waals surface area contributed by atoms with E-state index in [1.807, 2.05) is 6.92 Å². The van der Waals surface area contributed by atoms with Crippen molar-refractivity contribution >= 4 is 19.7 Å². The molecule has 0 aliphatic heterocycles. The van der Waals surface area contributed by atoms with Crippen molar-refractivity contribution in [1.82, 2.24) is 20.2 Å². The second-order valence-electron chi connectivity index (χ2n) is 3.69. The zero-order valence-electron chi connectivity index (χ0n) is 9.62. The van der Waals surface area contributed by atoms with Crippen molar-refractivity contribution in [1.29, 1.82) is 0 Å². The Kier molecular flexibility index (Phi) is 3.63. The van der Waals surface area contributed by atoms with Crippen molar-refractivity contribution in [3.8, 4) is 11.4 Å². The van der Waals surface area contributed by atoms with Crippen LogP contribution in [0.25, 0.3) is 11.4 Å². The molecular weight excluding hydrogens is 276 g/mol. The van der Waals surface area contributed by atoms with Gasteiger partial charge < -0.3 is 0 Å². The van der Waals surface area contributed by atoms with Gasteiger partial charge in [0.2, 0.25) is 0 Å². The Labute approximate surface area is 109 Å². The summed E-state index contributed by atoms with van der Waals surface area (Å²) in [5, 5.41) is 11.4. The third-order valence-electron chi connectivity index (χ3n) is 2.36. The zero-order valence-corrected chi connectivity index (χ0v) is 11.2. The molecule has 1 aromatic heterocycles. The molecule has 1 heterocycles. The number of hydrogen-bond acceptors (Lipinski definition) is 5. The van der Waals surface area contributed by atoms with E-state index in [-0.39, 0.29) is 4.90 Å². The van der Waals surface area contributed by atoms with Gasteiger partial charge in [-0.05, 0) is 41.1 Å². The number of aryl methyl sites for hydroxylation is 1. The lowest BCUT2D eigenvalue weighted by Crippen LogP contribution is -2.02. The van der Waals surface area contributed by atoms with E-state index in [1.165, 1.54) is 12.1 Å². The molecule has 2 aromatic rings. The summed E-state index contributed by atoms with van der Waals surface area (Å²) in [5.74, 6) is 0.607. The van der Waals surface area contributed by atoms with Crippen molar-refractivity contribution in [3.63, 3.8) is 0 Å². The van der Waals surface area contributed by atoms with Gasteiger partial charge in [-0.1, -0.05) is 6.92 Å². The summed E-state index contributed by atoms with van der Waals surface area (Å²) < 4.78 is 23.9. The van der Waals surface area contributed by atoms with Crippen LogP contribution >= 0.6 is 10.7 Å². The van der Waals surface area contributed by atoms with Crippen molar-refractivity contribution in [3.05, 3.63) is 24.3 Å². The van der Waals surface area contributed by atoms with Crippen molar-refractivity contribution in [2.45, 2.75) is 24.8 Å². The van der Waals surface area contributed by atoms with Crippen LogP contribution in [0.5, 0.6) is 0 Å². The normalized spacial score (nSPS) is 11.7. The molecule has 0 unspecified atom stereocenters. The van der Waals surface area contributed by atoms with Gasteiger partial charge in [0.15, 0.2) is 5.82 Å². The highest BCUT2D eigenvalue weighted by Gasteiger charge is 2.12. The summed E-state index contributed by atoms with van der Waals surface area (Å²) in [6, 6.07) is 6.13. The number of aromatic nitrogens is 4. The minimum Gasteiger partial charge on any atom is -0.225 e. The summed E-state index contributed by atoms with van der Waals surface area (Å²) in [4.78, 5) is 0.0578. The summed E-state index contributed by atoms with van der Waals surface area (Å²) in [5.41, 5.74) is 0.748. The third-order valence-corrected chi connectivity index (χ3v) is 3.73. The largest absolute Gasteiger partial charge is 0.261 e. The fourth-order valence-corrected chi connectivity index (χ4v) is 2.31. The van der Waals surface area contributed by atoms with E-state index in [0.717, 1.165) is 12.0 Å². The molecule has 2 rings (SSSR count). The molecule has 0 saturated heterocycles. The van der Waals surface area contributed by atoms with Crippen LogP contribution < -0.4 is 0 Å². The van der Waals surface area contributed by atoms with Gasteiger partial charge in [-0.25, -0.2) is 13.1 Å². The molecule has 0 fully saturated rings. The van der Waals surface area contributed by atoms with E-state index in [0.29, 0.717) is 12.4 Å². The van der Waals surface area contributed by atoms with Crippen LogP contribution in [0.4, 0.5) is 0 Å². The van der Waals surface area contributed by atoms with Crippen LogP contribution in [0.1, 0.15) is 13.3 Å². The van der Waals surface area contributed by atoms with Crippen LogP contribution in [0.2, 0.25) is 0 Å². The first-order valence-corrected chi connectivity index (χ1v) is 7.64. The van der Waals surface area contributed by atoms with E-state index in [9.17, 15) is 8.42 Å². The first-order valence-electron chi connectivity index (χ1n) is 5.33. The van der Waals surface area contributed by atoms with Crippen LogP contribution in [0.15, 0.2) is 29.2 Å². The van der Waals surface area contributed by atoms with Crippen molar-refractivity contribution < 1.29 is 8.42 Å². The van der Waals surface area contributed by atoms with Crippen molar-refractivity contribution in [2.75, 3.05) is 0 Å². The van der Waals surface area contributed by atoms with E-state index in [4.69, 9.17) is 10.7 Å². The molecule has 0 saturated carbocycles. The van der Waals surface area contributed by atoms with Gasteiger partial charge in [-0.15, -0.1) is 5.10 Å². The number of nitrogens with zero attached hydrogens (tertiary/aromatic N) is 4. The predicted molar refractivity (Wildman–Crippen MR) is 66.6 cm³/mol.